The molecule has 142 valence electrons. The quantitative estimate of drug-likeness (QED) is 0.423. The molecule has 0 aliphatic heterocycles. The van der Waals surface area contributed by atoms with Crippen molar-refractivity contribution in [3.63, 3.8) is 0 Å². The molecule has 2 N–H and O–H groups in total. The van der Waals surface area contributed by atoms with E-state index in [1.54, 1.807) is 7.11 Å². The van der Waals surface area contributed by atoms with Crippen LogP contribution in [0.1, 0.15) is 22.3 Å². The fourth-order valence-corrected chi connectivity index (χ4v) is 3.63. The number of aromatic nitrogens is 1. The summed E-state index contributed by atoms with van der Waals surface area (Å²) in [6, 6.07) is 25.6. The number of ether oxygens (including phenoxy) is 1. The van der Waals surface area contributed by atoms with Crippen molar-refractivity contribution in [2.45, 2.75) is 19.4 Å². The maximum absolute atomic E-state index is 5.35. The van der Waals surface area contributed by atoms with Crippen molar-refractivity contribution in [2.24, 2.45) is 0 Å². The van der Waals surface area contributed by atoms with Crippen LogP contribution in [-0.2, 0) is 19.4 Å². The fraction of sp³-hybridized carbons (Fsp3) is 0.200. The molecule has 28 heavy (non-hydrogen) atoms. The summed E-state index contributed by atoms with van der Waals surface area (Å²) in [4.78, 5) is 3.35. The number of methoxy groups -OCH3 is 1. The first-order chi connectivity index (χ1) is 13.8. The average molecular weight is 370 g/mol. The Morgan fingerprint density at radius 3 is 2.54 bits per heavy atom. The summed E-state index contributed by atoms with van der Waals surface area (Å²) in [7, 11) is 1.71. The van der Waals surface area contributed by atoms with Crippen molar-refractivity contribution in [3.05, 3.63) is 101 Å². The molecule has 0 saturated carbocycles. The van der Waals surface area contributed by atoms with Gasteiger partial charge < -0.3 is 15.0 Å². The normalized spacial score (nSPS) is 11.0. The first-order valence-electron chi connectivity index (χ1n) is 9.78. The Bertz CT molecular complexity index is 1040. The van der Waals surface area contributed by atoms with Crippen LogP contribution in [0.3, 0.4) is 0 Å². The van der Waals surface area contributed by atoms with Gasteiger partial charge >= 0.3 is 0 Å². The first-order valence-corrected chi connectivity index (χ1v) is 9.78. The predicted molar refractivity (Wildman–Crippen MR) is 116 cm³/mol. The van der Waals surface area contributed by atoms with Crippen LogP contribution in [-0.4, -0.2) is 18.6 Å². The second-order valence-electron chi connectivity index (χ2n) is 7.13. The lowest BCUT2D eigenvalue weighted by Gasteiger charge is -2.08. The molecule has 4 aromatic rings. The highest BCUT2D eigenvalue weighted by Crippen LogP contribution is 2.23. The molecule has 0 spiro atoms. The standard InChI is InChI=1S/C25H26N2O/c1-28-23-10-11-25-24(16-23)22(18-27-25)12-13-26-17-21-9-5-8-20(15-21)14-19-6-3-2-4-7-19/h2-11,15-16,18,26-27H,12-14,17H2,1H3. The van der Waals surface area contributed by atoms with Crippen molar-refractivity contribution < 1.29 is 4.74 Å². The van der Waals surface area contributed by atoms with Crippen molar-refractivity contribution >= 4 is 10.9 Å². The smallest absolute Gasteiger partial charge is 0.119 e. The number of benzene rings is 3. The second-order valence-corrected chi connectivity index (χ2v) is 7.13. The predicted octanol–water partition coefficient (Wildman–Crippen LogP) is 5.10. The zero-order valence-electron chi connectivity index (χ0n) is 16.2. The summed E-state index contributed by atoms with van der Waals surface area (Å²) in [6.45, 7) is 1.82. The van der Waals surface area contributed by atoms with Crippen LogP contribution >= 0.6 is 0 Å². The van der Waals surface area contributed by atoms with Gasteiger partial charge in [-0.3, -0.25) is 0 Å². The summed E-state index contributed by atoms with van der Waals surface area (Å²) in [5.41, 5.74) is 6.51. The molecule has 0 unspecified atom stereocenters. The molecule has 0 aliphatic rings. The molecule has 0 bridgehead atoms. The van der Waals surface area contributed by atoms with E-state index in [4.69, 9.17) is 4.74 Å². The Hall–Kier alpha value is -3.04. The number of H-pyrrole nitrogens is 1. The highest BCUT2D eigenvalue weighted by Gasteiger charge is 2.05. The van der Waals surface area contributed by atoms with E-state index in [1.807, 2.05) is 6.07 Å². The molecule has 1 heterocycles. The highest BCUT2D eigenvalue weighted by molar-refractivity contribution is 5.84. The summed E-state index contributed by atoms with van der Waals surface area (Å²) < 4.78 is 5.35. The second kappa shape index (κ2) is 8.77. The van der Waals surface area contributed by atoms with Gasteiger partial charge in [-0.25, -0.2) is 0 Å². The molecule has 1 aromatic heterocycles. The van der Waals surface area contributed by atoms with E-state index in [0.29, 0.717) is 0 Å². The Morgan fingerprint density at radius 2 is 1.68 bits per heavy atom. The molecule has 0 atom stereocenters. The lowest BCUT2D eigenvalue weighted by Crippen LogP contribution is -2.16. The van der Waals surface area contributed by atoms with Crippen molar-refractivity contribution in [1.82, 2.24) is 10.3 Å². The number of aromatic amines is 1. The Balaban J connectivity index is 1.33. The molecular weight excluding hydrogens is 344 g/mol. The summed E-state index contributed by atoms with van der Waals surface area (Å²) in [5.74, 6) is 0.900. The summed E-state index contributed by atoms with van der Waals surface area (Å²) in [6.07, 6.45) is 4.06. The third-order valence-electron chi connectivity index (χ3n) is 5.12. The third-order valence-corrected chi connectivity index (χ3v) is 5.12. The van der Waals surface area contributed by atoms with Gasteiger partial charge in [-0.2, -0.15) is 0 Å². The van der Waals surface area contributed by atoms with Crippen LogP contribution in [0.25, 0.3) is 10.9 Å². The molecule has 3 nitrogen and oxygen atoms in total. The molecular formula is C25H26N2O. The number of nitrogens with one attached hydrogen (secondary N) is 2. The van der Waals surface area contributed by atoms with Crippen LogP contribution in [0.15, 0.2) is 79.0 Å². The van der Waals surface area contributed by atoms with Gasteiger partial charge in [0.2, 0.25) is 0 Å². The molecule has 3 heteroatoms. The topological polar surface area (TPSA) is 37.0 Å². The third kappa shape index (κ3) is 4.44. The van der Waals surface area contributed by atoms with E-state index < -0.39 is 0 Å². The Labute approximate surface area is 166 Å². The van der Waals surface area contributed by atoms with Crippen LogP contribution in [0.2, 0.25) is 0 Å². The fourth-order valence-electron chi connectivity index (χ4n) is 3.63. The summed E-state index contributed by atoms with van der Waals surface area (Å²) >= 11 is 0. The number of hydrogen-bond donors (Lipinski definition) is 2. The maximum atomic E-state index is 5.35. The van der Waals surface area contributed by atoms with Gasteiger partial charge in [0.1, 0.15) is 5.75 Å². The molecule has 0 aliphatic carbocycles. The maximum Gasteiger partial charge on any atom is 0.119 e. The van der Waals surface area contributed by atoms with Gasteiger partial charge in [0.05, 0.1) is 7.11 Å². The lowest BCUT2D eigenvalue weighted by atomic mass is 10.0. The van der Waals surface area contributed by atoms with Crippen molar-refractivity contribution in [2.75, 3.05) is 13.7 Å². The van der Waals surface area contributed by atoms with E-state index in [2.05, 4.69) is 83.2 Å². The van der Waals surface area contributed by atoms with Crippen LogP contribution < -0.4 is 10.1 Å². The lowest BCUT2D eigenvalue weighted by molar-refractivity contribution is 0.415. The summed E-state index contributed by atoms with van der Waals surface area (Å²) in [5, 5.41) is 4.82. The Morgan fingerprint density at radius 1 is 0.857 bits per heavy atom. The minimum Gasteiger partial charge on any atom is -0.497 e. The first kappa shape index (κ1) is 18.3. The zero-order valence-corrected chi connectivity index (χ0v) is 16.2. The highest BCUT2D eigenvalue weighted by atomic mass is 16.5. The minimum atomic E-state index is 0.883. The SMILES string of the molecule is COc1ccc2[nH]cc(CCNCc3cccc(Cc4ccccc4)c3)c2c1. The van der Waals surface area contributed by atoms with E-state index in [0.717, 1.165) is 37.2 Å². The van der Waals surface area contributed by atoms with Gasteiger partial charge in [-0.05, 0) is 59.8 Å². The minimum absolute atomic E-state index is 0.883. The number of rotatable bonds is 8. The molecule has 0 saturated heterocycles. The zero-order chi connectivity index (χ0) is 19.2. The van der Waals surface area contributed by atoms with Gasteiger partial charge in [0, 0.05) is 23.6 Å². The largest absolute Gasteiger partial charge is 0.497 e. The molecule has 3 aromatic carbocycles. The number of hydrogen-bond acceptors (Lipinski definition) is 2. The molecule has 0 radical (unpaired) electrons. The monoisotopic (exact) mass is 370 g/mol. The molecule has 4 rings (SSSR count). The van der Waals surface area contributed by atoms with E-state index in [-0.39, 0.29) is 0 Å². The van der Waals surface area contributed by atoms with E-state index in [9.17, 15) is 0 Å². The van der Waals surface area contributed by atoms with Gasteiger partial charge in [-0.1, -0.05) is 54.6 Å². The average Bonchev–Trinajstić information content (AvgIpc) is 3.14. The van der Waals surface area contributed by atoms with Gasteiger partial charge in [-0.15, -0.1) is 0 Å². The number of fused-ring (bicyclic) bond motifs is 1. The van der Waals surface area contributed by atoms with E-state index in [1.165, 1.54) is 27.6 Å². The molecule has 0 fully saturated rings. The van der Waals surface area contributed by atoms with E-state index >= 15 is 0 Å². The van der Waals surface area contributed by atoms with Crippen molar-refractivity contribution in [3.8, 4) is 5.75 Å². The van der Waals surface area contributed by atoms with Gasteiger partial charge in [0.15, 0.2) is 0 Å². The van der Waals surface area contributed by atoms with Crippen LogP contribution in [0.4, 0.5) is 0 Å². The van der Waals surface area contributed by atoms with Crippen LogP contribution in [0.5, 0.6) is 5.75 Å². The van der Waals surface area contributed by atoms with Gasteiger partial charge in [0.25, 0.3) is 0 Å². The van der Waals surface area contributed by atoms with Crippen LogP contribution in [0, 0.1) is 0 Å². The Kier molecular flexibility index (Phi) is 5.74. The molecule has 0 amide bonds. The van der Waals surface area contributed by atoms with Crippen molar-refractivity contribution in [1.29, 1.82) is 0 Å².